The fraction of sp³-hybridized carbons (Fsp3) is 0.240. The van der Waals surface area contributed by atoms with E-state index in [1.165, 1.54) is 0 Å². The second kappa shape index (κ2) is 11.5. The third kappa shape index (κ3) is 6.33. The predicted octanol–water partition coefficient (Wildman–Crippen LogP) is 5.43. The highest BCUT2D eigenvalue weighted by molar-refractivity contribution is 8.04. The molecular weight excluding hydrogens is 586 g/mol. The van der Waals surface area contributed by atoms with Crippen LogP contribution >= 0.6 is 34.7 Å². The summed E-state index contributed by atoms with van der Waals surface area (Å²) in [6, 6.07) is 15.8. The van der Waals surface area contributed by atoms with Gasteiger partial charge in [0.1, 0.15) is 4.70 Å². The second-order valence-electron chi connectivity index (χ2n) is 8.70. The van der Waals surface area contributed by atoms with Gasteiger partial charge in [0, 0.05) is 41.3 Å². The zero-order valence-electron chi connectivity index (χ0n) is 20.1. The number of thiazole rings is 1. The summed E-state index contributed by atoms with van der Waals surface area (Å²) in [5.41, 5.74) is 2.90. The molecule has 8 nitrogen and oxygen atoms in total. The van der Waals surface area contributed by atoms with E-state index in [4.69, 9.17) is 11.6 Å². The molecule has 0 bridgehead atoms. The summed E-state index contributed by atoms with van der Waals surface area (Å²) in [5.74, 6) is -0.154. The van der Waals surface area contributed by atoms with E-state index in [1.54, 1.807) is 23.1 Å². The van der Waals surface area contributed by atoms with E-state index in [9.17, 15) is 21.7 Å². The van der Waals surface area contributed by atoms with Gasteiger partial charge in [-0.1, -0.05) is 34.7 Å². The SMILES string of the molecule is O=S(O)CCCN1/C(=C/c2sc3ccc(-n4cccc4)cc3[n+]2CCCS(=O)(=O)O)Sc2ccc(Cl)cc21. The van der Waals surface area contributed by atoms with Crippen molar-refractivity contribution >= 4 is 77.9 Å². The Kier molecular flexibility index (Phi) is 8.29. The van der Waals surface area contributed by atoms with Crippen molar-refractivity contribution in [2.45, 2.75) is 24.3 Å². The Morgan fingerprint density at radius 1 is 1.11 bits per heavy atom. The van der Waals surface area contributed by atoms with Crippen LogP contribution < -0.4 is 9.47 Å². The molecule has 4 aromatic rings. The topological polar surface area (TPSA) is 104 Å². The largest absolute Gasteiger partial charge is 0.335 e. The number of hydrogen-bond acceptors (Lipinski definition) is 6. The minimum atomic E-state index is -4.08. The zero-order valence-corrected chi connectivity index (χ0v) is 24.1. The van der Waals surface area contributed by atoms with Gasteiger partial charge in [0.15, 0.2) is 17.6 Å². The second-order valence-corrected chi connectivity index (χ2v) is 13.9. The number of rotatable bonds is 10. The number of benzene rings is 2. The van der Waals surface area contributed by atoms with Crippen LogP contribution in [0.3, 0.4) is 0 Å². The molecular formula is C25H25ClN3O5S4+. The molecule has 13 heteroatoms. The molecule has 0 saturated carbocycles. The van der Waals surface area contributed by atoms with Crippen molar-refractivity contribution < 1.29 is 26.3 Å². The minimum absolute atomic E-state index is 0.172. The average molecular weight is 611 g/mol. The molecule has 0 radical (unpaired) electrons. The molecule has 38 heavy (non-hydrogen) atoms. The van der Waals surface area contributed by atoms with Crippen LogP contribution in [0.4, 0.5) is 5.69 Å². The number of aryl methyl sites for hydroxylation is 1. The van der Waals surface area contributed by atoms with Crippen LogP contribution in [0, 0.1) is 0 Å². The van der Waals surface area contributed by atoms with E-state index in [0.29, 0.717) is 24.5 Å². The van der Waals surface area contributed by atoms with E-state index in [1.807, 2.05) is 53.4 Å². The van der Waals surface area contributed by atoms with Crippen LogP contribution in [0.5, 0.6) is 0 Å². The number of hydrogen-bond donors (Lipinski definition) is 2. The average Bonchev–Trinajstić information content (AvgIpc) is 3.57. The number of halogens is 1. The molecule has 2 N–H and O–H groups in total. The molecule has 2 aromatic carbocycles. The molecule has 1 aliphatic rings. The van der Waals surface area contributed by atoms with Gasteiger partial charge >= 0.3 is 0 Å². The predicted molar refractivity (Wildman–Crippen MR) is 155 cm³/mol. The maximum Gasteiger partial charge on any atom is 0.265 e. The van der Waals surface area contributed by atoms with Gasteiger partial charge in [-0.25, -0.2) is 4.21 Å². The van der Waals surface area contributed by atoms with E-state index in [2.05, 4.69) is 27.7 Å². The molecule has 0 amide bonds. The lowest BCUT2D eigenvalue weighted by atomic mass is 10.2. The first-order chi connectivity index (χ1) is 18.2. The Morgan fingerprint density at radius 2 is 1.89 bits per heavy atom. The standard InChI is InChI=1S/C25H24ClN3O5S4/c26-18-5-7-22-20(15-18)28(11-3-13-37(30)31)24(35-22)17-25-29(12-4-14-38(32,33)34)21-16-19(6-8-23(21)36-25)27-9-1-2-10-27/h1-2,5-10,15-17H,3-4,11-14H2,(H-,30,31,32,33,34)/p+1. The summed E-state index contributed by atoms with van der Waals surface area (Å²) < 4.78 is 57.8. The van der Waals surface area contributed by atoms with Crippen LogP contribution in [-0.2, 0) is 27.7 Å². The fourth-order valence-electron chi connectivity index (χ4n) is 4.36. The van der Waals surface area contributed by atoms with Crippen molar-refractivity contribution in [3.05, 3.63) is 76.0 Å². The molecule has 0 spiro atoms. The lowest BCUT2D eigenvalue weighted by Crippen LogP contribution is -2.36. The van der Waals surface area contributed by atoms with Gasteiger partial charge in [-0.3, -0.25) is 4.55 Å². The van der Waals surface area contributed by atoms with E-state index >= 15 is 0 Å². The van der Waals surface area contributed by atoms with Gasteiger partial charge in [-0.15, -0.1) is 0 Å². The summed E-state index contributed by atoms with van der Waals surface area (Å²) >= 11 is 7.62. The first-order valence-corrected chi connectivity index (χ1v) is 16.7. The summed E-state index contributed by atoms with van der Waals surface area (Å²) in [6.45, 7) is 0.949. The zero-order chi connectivity index (χ0) is 26.9. The summed E-state index contributed by atoms with van der Waals surface area (Å²) in [7, 11) is -4.08. The van der Waals surface area contributed by atoms with Crippen molar-refractivity contribution in [2.75, 3.05) is 23.0 Å². The van der Waals surface area contributed by atoms with Crippen molar-refractivity contribution in [3.63, 3.8) is 0 Å². The lowest BCUT2D eigenvalue weighted by molar-refractivity contribution is -0.668. The Balaban J connectivity index is 1.56. The minimum Gasteiger partial charge on any atom is -0.335 e. The van der Waals surface area contributed by atoms with E-state index in [-0.39, 0.29) is 17.9 Å². The highest BCUT2D eigenvalue weighted by Gasteiger charge is 2.28. The Bertz CT molecular complexity index is 1630. The quantitative estimate of drug-likeness (QED) is 0.140. The van der Waals surface area contributed by atoms with Gasteiger partial charge < -0.3 is 14.0 Å². The van der Waals surface area contributed by atoms with Crippen LogP contribution in [0.2, 0.25) is 5.02 Å². The van der Waals surface area contributed by atoms with Gasteiger partial charge in [0.25, 0.3) is 15.1 Å². The summed E-state index contributed by atoms with van der Waals surface area (Å²) in [6.07, 6.45) is 6.78. The molecule has 3 heterocycles. The summed E-state index contributed by atoms with van der Waals surface area (Å²) in [5, 5.41) is 2.49. The molecule has 200 valence electrons. The monoisotopic (exact) mass is 610 g/mol. The number of nitrogens with zero attached hydrogens (tertiary/aromatic N) is 3. The number of anilines is 1. The first-order valence-electron chi connectivity index (χ1n) is 11.8. The fourth-order valence-corrected chi connectivity index (χ4v) is 7.69. The van der Waals surface area contributed by atoms with Crippen molar-refractivity contribution in [3.8, 4) is 5.69 Å². The maximum absolute atomic E-state index is 11.4. The third-order valence-corrected chi connectivity index (χ3v) is 9.94. The van der Waals surface area contributed by atoms with Crippen LogP contribution in [0.1, 0.15) is 17.8 Å². The van der Waals surface area contributed by atoms with Crippen LogP contribution in [0.15, 0.2) is 70.8 Å². The van der Waals surface area contributed by atoms with Gasteiger partial charge in [-0.2, -0.15) is 13.0 Å². The molecule has 0 aliphatic carbocycles. The molecule has 2 aromatic heterocycles. The highest BCUT2D eigenvalue weighted by Crippen LogP contribution is 2.47. The lowest BCUT2D eigenvalue weighted by Gasteiger charge is -2.20. The molecule has 0 fully saturated rings. The van der Waals surface area contributed by atoms with Crippen molar-refractivity contribution in [2.24, 2.45) is 0 Å². The number of aromatic nitrogens is 2. The van der Waals surface area contributed by atoms with Gasteiger partial charge in [0.05, 0.1) is 34.0 Å². The van der Waals surface area contributed by atoms with E-state index < -0.39 is 21.2 Å². The molecule has 0 saturated heterocycles. The maximum atomic E-state index is 11.4. The summed E-state index contributed by atoms with van der Waals surface area (Å²) in [4.78, 5) is 3.15. The Morgan fingerprint density at radius 3 is 2.63 bits per heavy atom. The highest BCUT2D eigenvalue weighted by atomic mass is 35.5. The Hall–Kier alpha value is -2.19. The third-order valence-electron chi connectivity index (χ3n) is 6.04. The molecule has 5 rings (SSSR count). The van der Waals surface area contributed by atoms with E-state index in [0.717, 1.165) is 36.5 Å². The normalized spacial score (nSPS) is 15.4. The Labute approximate surface area is 236 Å². The van der Waals surface area contributed by atoms with Gasteiger partial charge in [0.2, 0.25) is 5.52 Å². The number of thioether (sulfide) groups is 1. The first kappa shape index (κ1) is 27.4. The molecule has 1 atom stereocenters. The van der Waals surface area contributed by atoms with Crippen molar-refractivity contribution in [1.29, 1.82) is 0 Å². The smallest absolute Gasteiger partial charge is 0.265 e. The van der Waals surface area contributed by atoms with Gasteiger partial charge in [-0.05, 0) is 48.9 Å². The number of fused-ring (bicyclic) bond motifs is 2. The van der Waals surface area contributed by atoms with Crippen LogP contribution in [-0.4, -0.2) is 44.3 Å². The molecule has 1 unspecified atom stereocenters. The molecule has 1 aliphatic heterocycles. The van der Waals surface area contributed by atoms with Crippen LogP contribution in [0.25, 0.3) is 22.0 Å². The van der Waals surface area contributed by atoms with Crippen molar-refractivity contribution in [1.82, 2.24) is 4.57 Å².